The maximum Gasteiger partial charge on any atom is 0.200 e. The van der Waals surface area contributed by atoms with Gasteiger partial charge in [0.1, 0.15) is 23.4 Å². The third-order valence-electron chi connectivity index (χ3n) is 5.03. The summed E-state index contributed by atoms with van der Waals surface area (Å²) in [5.41, 5.74) is 1.37. The average molecular weight is 413 g/mol. The second-order valence-corrected chi connectivity index (χ2v) is 7.81. The molecule has 2 aromatic carbocycles. The first-order valence-electron chi connectivity index (χ1n) is 10.2. The molecule has 6 heteroatoms. The Morgan fingerprint density at radius 1 is 0.967 bits per heavy atom. The number of benzene rings is 2. The van der Waals surface area contributed by atoms with Gasteiger partial charge in [0.15, 0.2) is 5.43 Å². The van der Waals surface area contributed by atoms with Crippen LogP contribution in [0.1, 0.15) is 12.8 Å². The van der Waals surface area contributed by atoms with Gasteiger partial charge in [-0.05, 0) is 70.4 Å². The van der Waals surface area contributed by atoms with E-state index in [2.05, 4.69) is 30.9 Å². The number of hydrogen-bond donors (Lipinski definition) is 0. The minimum Gasteiger partial charge on any atom is -0.493 e. The number of likely N-dealkylation sites (N-methyl/N-ethyl adjacent to an activating group) is 2. The maximum absolute atomic E-state index is 13.1. The lowest BCUT2D eigenvalue weighted by atomic mass is 10.1. The zero-order valence-electron chi connectivity index (χ0n) is 17.9. The molecule has 1 heterocycles. The average Bonchev–Trinajstić information content (AvgIpc) is 2.73. The minimum atomic E-state index is -0.342. The predicted molar refractivity (Wildman–Crippen MR) is 119 cm³/mol. The second kappa shape index (κ2) is 10.4. The highest BCUT2D eigenvalue weighted by Crippen LogP contribution is 2.23. The predicted octanol–water partition coefficient (Wildman–Crippen LogP) is 4.25. The normalized spacial score (nSPS) is 11.5. The molecule has 0 aliphatic rings. The summed E-state index contributed by atoms with van der Waals surface area (Å²) in [6.07, 6.45) is 3.44. The Bertz CT molecular complexity index is 1020. The lowest BCUT2D eigenvalue weighted by Crippen LogP contribution is -2.29. The Labute approximate surface area is 176 Å². The molecule has 3 rings (SSSR count). The van der Waals surface area contributed by atoms with Crippen LogP contribution in [-0.2, 0) is 0 Å². The molecule has 0 saturated heterocycles. The summed E-state index contributed by atoms with van der Waals surface area (Å²) in [7, 11) is 6.30. The molecule has 0 atom stereocenters. The van der Waals surface area contributed by atoms with Crippen molar-refractivity contribution in [2.24, 2.45) is 0 Å². The first-order valence-corrected chi connectivity index (χ1v) is 10.2. The summed E-state index contributed by atoms with van der Waals surface area (Å²) in [4.78, 5) is 17.3. The number of unbranched alkanes of at least 4 members (excludes halogenated alkanes) is 1. The summed E-state index contributed by atoms with van der Waals surface area (Å²) >= 11 is 0. The molecular weight excluding hydrogens is 383 g/mol. The van der Waals surface area contributed by atoms with E-state index < -0.39 is 0 Å². The molecule has 0 fully saturated rings. The molecule has 0 N–H and O–H groups in total. The number of rotatable bonds is 10. The molecular formula is C24H29FN2O3. The van der Waals surface area contributed by atoms with Crippen molar-refractivity contribution in [2.45, 2.75) is 12.8 Å². The van der Waals surface area contributed by atoms with E-state index in [9.17, 15) is 9.18 Å². The molecule has 0 aliphatic carbocycles. The highest BCUT2D eigenvalue weighted by atomic mass is 19.1. The van der Waals surface area contributed by atoms with E-state index in [1.54, 1.807) is 30.3 Å². The number of hydrogen-bond acceptors (Lipinski definition) is 5. The van der Waals surface area contributed by atoms with Gasteiger partial charge < -0.3 is 19.0 Å². The van der Waals surface area contributed by atoms with Crippen LogP contribution in [0.15, 0.2) is 57.9 Å². The third-order valence-corrected chi connectivity index (χ3v) is 5.03. The van der Waals surface area contributed by atoms with Crippen molar-refractivity contribution in [3.63, 3.8) is 0 Å². The van der Waals surface area contributed by atoms with Gasteiger partial charge in [-0.25, -0.2) is 4.39 Å². The Balaban J connectivity index is 1.56. The van der Waals surface area contributed by atoms with Crippen LogP contribution in [0.4, 0.5) is 4.39 Å². The number of ether oxygens (including phenoxy) is 1. The van der Waals surface area contributed by atoms with Gasteiger partial charge >= 0.3 is 0 Å². The summed E-state index contributed by atoms with van der Waals surface area (Å²) in [5, 5.41) is 0.478. The molecule has 1 aromatic heterocycles. The first kappa shape index (κ1) is 22.0. The summed E-state index contributed by atoms with van der Waals surface area (Å²) in [6.45, 7) is 3.76. The molecule has 3 aromatic rings. The monoisotopic (exact) mass is 412 g/mol. The number of halogens is 1. The lowest BCUT2D eigenvalue weighted by Gasteiger charge is -2.19. The number of fused-ring (bicyclic) bond motifs is 1. The Hall–Kier alpha value is -2.70. The van der Waals surface area contributed by atoms with Crippen molar-refractivity contribution in [1.82, 2.24) is 9.80 Å². The van der Waals surface area contributed by atoms with E-state index >= 15 is 0 Å². The fraction of sp³-hybridized carbons (Fsp3) is 0.375. The van der Waals surface area contributed by atoms with Gasteiger partial charge in [-0.15, -0.1) is 0 Å². The van der Waals surface area contributed by atoms with Gasteiger partial charge in [-0.1, -0.05) is 12.1 Å². The van der Waals surface area contributed by atoms with E-state index in [1.807, 2.05) is 0 Å². The fourth-order valence-electron chi connectivity index (χ4n) is 3.18. The largest absolute Gasteiger partial charge is 0.493 e. The minimum absolute atomic E-state index is 0.143. The molecule has 5 nitrogen and oxygen atoms in total. The molecule has 160 valence electrons. The quantitative estimate of drug-likeness (QED) is 0.466. The van der Waals surface area contributed by atoms with Gasteiger partial charge in [0.25, 0.3) is 0 Å². The van der Waals surface area contributed by atoms with Crippen LogP contribution >= 0.6 is 0 Å². The van der Waals surface area contributed by atoms with E-state index in [0.29, 0.717) is 34.5 Å². The van der Waals surface area contributed by atoms with Gasteiger partial charge in [-0.2, -0.15) is 0 Å². The molecule has 0 unspecified atom stereocenters. The SMILES string of the molecule is CN(C)CCN(C)CCCCOc1ccc2c(=O)c(-c3ccc(F)cc3)coc2c1. The van der Waals surface area contributed by atoms with Gasteiger partial charge in [0.2, 0.25) is 0 Å². The zero-order valence-corrected chi connectivity index (χ0v) is 17.9. The van der Waals surface area contributed by atoms with Crippen molar-refractivity contribution < 1.29 is 13.5 Å². The van der Waals surface area contributed by atoms with Crippen LogP contribution in [0.25, 0.3) is 22.1 Å². The highest BCUT2D eigenvalue weighted by molar-refractivity contribution is 5.82. The molecule has 0 spiro atoms. The zero-order chi connectivity index (χ0) is 21.5. The van der Waals surface area contributed by atoms with Crippen LogP contribution in [0.2, 0.25) is 0 Å². The van der Waals surface area contributed by atoms with Crippen LogP contribution in [-0.4, -0.2) is 57.2 Å². The van der Waals surface area contributed by atoms with Gasteiger partial charge in [-0.3, -0.25) is 4.79 Å². The van der Waals surface area contributed by atoms with Crippen molar-refractivity contribution in [1.29, 1.82) is 0 Å². The smallest absolute Gasteiger partial charge is 0.200 e. The van der Waals surface area contributed by atoms with E-state index in [4.69, 9.17) is 9.15 Å². The van der Waals surface area contributed by atoms with Crippen LogP contribution in [0.3, 0.4) is 0 Å². The topological polar surface area (TPSA) is 45.9 Å². The molecule has 0 aliphatic heterocycles. The maximum atomic E-state index is 13.1. The summed E-state index contributed by atoms with van der Waals surface area (Å²) in [6, 6.07) is 11.1. The van der Waals surface area contributed by atoms with Crippen molar-refractivity contribution in [3.8, 4) is 16.9 Å². The Kier molecular flexibility index (Phi) is 7.60. The van der Waals surface area contributed by atoms with E-state index in [-0.39, 0.29) is 11.2 Å². The fourth-order valence-corrected chi connectivity index (χ4v) is 3.18. The molecule has 0 amide bonds. The van der Waals surface area contributed by atoms with Crippen LogP contribution in [0.5, 0.6) is 5.75 Å². The van der Waals surface area contributed by atoms with Crippen molar-refractivity contribution in [2.75, 3.05) is 47.4 Å². The van der Waals surface area contributed by atoms with E-state index in [1.165, 1.54) is 18.4 Å². The van der Waals surface area contributed by atoms with Gasteiger partial charge in [0.05, 0.1) is 17.6 Å². The molecule has 30 heavy (non-hydrogen) atoms. The second-order valence-electron chi connectivity index (χ2n) is 7.81. The summed E-state index contributed by atoms with van der Waals surface area (Å²) in [5.74, 6) is 0.340. The molecule has 0 bridgehead atoms. The number of nitrogens with zero attached hydrogens (tertiary/aromatic N) is 2. The van der Waals surface area contributed by atoms with Crippen molar-refractivity contribution in [3.05, 3.63) is 64.8 Å². The lowest BCUT2D eigenvalue weighted by molar-refractivity contribution is 0.259. The third kappa shape index (κ3) is 5.90. The van der Waals surface area contributed by atoms with Gasteiger partial charge in [0, 0.05) is 19.2 Å². The molecule has 0 saturated carbocycles. The van der Waals surface area contributed by atoms with Crippen LogP contribution < -0.4 is 10.2 Å². The Morgan fingerprint density at radius 3 is 2.47 bits per heavy atom. The van der Waals surface area contributed by atoms with Crippen molar-refractivity contribution >= 4 is 11.0 Å². The standard InChI is InChI=1S/C24H29FN2O3/c1-26(2)13-14-27(3)12-4-5-15-29-20-10-11-21-23(16-20)30-17-22(24(21)28)18-6-8-19(25)9-7-18/h6-11,16-17H,4-5,12-15H2,1-3H3. The van der Waals surface area contributed by atoms with E-state index in [0.717, 1.165) is 32.5 Å². The Morgan fingerprint density at radius 2 is 1.73 bits per heavy atom. The molecule has 0 radical (unpaired) electrons. The highest BCUT2D eigenvalue weighted by Gasteiger charge is 2.10. The summed E-state index contributed by atoms with van der Waals surface area (Å²) < 4.78 is 24.6. The first-order chi connectivity index (χ1) is 14.4. The van der Waals surface area contributed by atoms with Crippen LogP contribution in [0, 0.1) is 5.82 Å².